The van der Waals surface area contributed by atoms with Gasteiger partial charge in [-0.05, 0) is 47.9 Å². The predicted octanol–water partition coefficient (Wildman–Crippen LogP) is 3.18. The minimum atomic E-state index is -0.00837. The second-order valence-corrected chi connectivity index (χ2v) is 6.20. The second-order valence-electron chi connectivity index (χ2n) is 5.76. The Morgan fingerprint density at radius 3 is 2.96 bits per heavy atom. The highest BCUT2D eigenvalue weighted by molar-refractivity contribution is 6.30. The largest absolute Gasteiger partial charge is 0.306 e. The van der Waals surface area contributed by atoms with Crippen molar-refractivity contribution in [2.75, 3.05) is 11.4 Å². The first-order chi connectivity index (χ1) is 11.7. The molecular formula is C18H15ClN4O. The summed E-state index contributed by atoms with van der Waals surface area (Å²) in [5.74, 6) is -0.00837. The molecule has 120 valence electrons. The molecule has 4 rings (SSSR count). The van der Waals surface area contributed by atoms with Crippen LogP contribution in [0.1, 0.15) is 21.5 Å². The van der Waals surface area contributed by atoms with Crippen LogP contribution >= 0.6 is 11.6 Å². The minimum absolute atomic E-state index is 0.00837. The Balaban J connectivity index is 1.62. The third-order valence-corrected chi connectivity index (χ3v) is 4.38. The fraction of sp³-hybridized carbons (Fsp3) is 0.167. The lowest BCUT2D eigenvalue weighted by Crippen LogP contribution is -2.37. The maximum absolute atomic E-state index is 12.8. The van der Waals surface area contributed by atoms with E-state index in [2.05, 4.69) is 10.1 Å². The SMILES string of the molecule is O=C1c2ccc(Cl)cc2CCN1c1cncc(Cn2cccn2)c1. The van der Waals surface area contributed by atoms with Crippen LogP contribution in [0.5, 0.6) is 0 Å². The highest BCUT2D eigenvalue weighted by Gasteiger charge is 2.25. The van der Waals surface area contributed by atoms with Crippen LogP contribution in [0.2, 0.25) is 5.02 Å². The Kier molecular flexibility index (Phi) is 3.78. The molecule has 2 aromatic heterocycles. The van der Waals surface area contributed by atoms with Crippen LogP contribution in [0.3, 0.4) is 0 Å². The number of aromatic nitrogens is 3. The number of amides is 1. The van der Waals surface area contributed by atoms with E-state index in [4.69, 9.17) is 11.6 Å². The first kappa shape index (κ1) is 14.9. The van der Waals surface area contributed by atoms with Gasteiger partial charge in [0, 0.05) is 35.7 Å². The highest BCUT2D eigenvalue weighted by Crippen LogP contribution is 2.26. The van der Waals surface area contributed by atoms with E-state index >= 15 is 0 Å². The number of halogens is 1. The van der Waals surface area contributed by atoms with E-state index in [1.807, 2.05) is 29.1 Å². The molecule has 5 nitrogen and oxygen atoms in total. The summed E-state index contributed by atoms with van der Waals surface area (Å²) < 4.78 is 1.83. The Morgan fingerprint density at radius 1 is 1.21 bits per heavy atom. The summed E-state index contributed by atoms with van der Waals surface area (Å²) in [6.07, 6.45) is 7.95. The van der Waals surface area contributed by atoms with Gasteiger partial charge in [-0.2, -0.15) is 5.10 Å². The van der Waals surface area contributed by atoms with E-state index in [1.165, 1.54) is 0 Å². The summed E-state index contributed by atoms with van der Waals surface area (Å²) in [5.41, 5.74) is 3.53. The summed E-state index contributed by atoms with van der Waals surface area (Å²) in [7, 11) is 0. The first-order valence-electron chi connectivity index (χ1n) is 7.72. The molecule has 0 saturated carbocycles. The van der Waals surface area contributed by atoms with Crippen LogP contribution in [-0.4, -0.2) is 27.2 Å². The van der Waals surface area contributed by atoms with E-state index < -0.39 is 0 Å². The molecule has 0 spiro atoms. The molecule has 3 heterocycles. The summed E-state index contributed by atoms with van der Waals surface area (Å²) in [5, 5.41) is 4.87. The first-order valence-corrected chi connectivity index (χ1v) is 8.10. The number of pyridine rings is 1. The van der Waals surface area contributed by atoms with Crippen LogP contribution in [-0.2, 0) is 13.0 Å². The number of hydrogen-bond donors (Lipinski definition) is 0. The molecule has 1 aromatic carbocycles. The lowest BCUT2D eigenvalue weighted by atomic mass is 9.98. The van der Waals surface area contributed by atoms with Crippen molar-refractivity contribution in [2.24, 2.45) is 0 Å². The lowest BCUT2D eigenvalue weighted by molar-refractivity contribution is 0.0980. The van der Waals surface area contributed by atoms with Crippen molar-refractivity contribution in [1.29, 1.82) is 0 Å². The van der Waals surface area contributed by atoms with Gasteiger partial charge in [0.15, 0.2) is 0 Å². The smallest absolute Gasteiger partial charge is 0.258 e. The number of rotatable bonds is 3. The number of hydrogen-bond acceptors (Lipinski definition) is 3. The summed E-state index contributed by atoms with van der Waals surface area (Å²) >= 11 is 6.02. The zero-order chi connectivity index (χ0) is 16.5. The van der Waals surface area contributed by atoms with Crippen LogP contribution in [0.25, 0.3) is 0 Å². The van der Waals surface area contributed by atoms with Crippen LogP contribution in [0.4, 0.5) is 5.69 Å². The molecule has 1 aliphatic rings. The second kappa shape index (κ2) is 6.09. The lowest BCUT2D eigenvalue weighted by Gasteiger charge is -2.28. The normalized spacial score (nSPS) is 13.9. The molecule has 1 amide bonds. The van der Waals surface area contributed by atoms with Crippen LogP contribution in [0.15, 0.2) is 55.1 Å². The van der Waals surface area contributed by atoms with Crippen molar-refractivity contribution in [3.63, 3.8) is 0 Å². The van der Waals surface area contributed by atoms with Crippen molar-refractivity contribution >= 4 is 23.2 Å². The van der Waals surface area contributed by atoms with Crippen molar-refractivity contribution < 1.29 is 4.79 Å². The van der Waals surface area contributed by atoms with Gasteiger partial charge in [0.05, 0.1) is 18.4 Å². The molecule has 0 atom stereocenters. The van der Waals surface area contributed by atoms with E-state index in [0.717, 1.165) is 23.2 Å². The topological polar surface area (TPSA) is 51.0 Å². The van der Waals surface area contributed by atoms with Gasteiger partial charge in [-0.3, -0.25) is 14.5 Å². The average Bonchev–Trinajstić information content (AvgIpc) is 3.08. The van der Waals surface area contributed by atoms with E-state index in [1.54, 1.807) is 35.6 Å². The molecule has 6 heteroatoms. The predicted molar refractivity (Wildman–Crippen MR) is 92.4 cm³/mol. The molecule has 0 aliphatic carbocycles. The van der Waals surface area contributed by atoms with Crippen LogP contribution < -0.4 is 4.90 Å². The molecule has 0 fully saturated rings. The molecular weight excluding hydrogens is 324 g/mol. The monoisotopic (exact) mass is 338 g/mol. The van der Waals surface area contributed by atoms with Crippen molar-refractivity contribution in [1.82, 2.24) is 14.8 Å². The van der Waals surface area contributed by atoms with E-state index in [-0.39, 0.29) is 5.91 Å². The quantitative estimate of drug-likeness (QED) is 0.737. The van der Waals surface area contributed by atoms with E-state index in [9.17, 15) is 4.79 Å². The highest BCUT2D eigenvalue weighted by atomic mass is 35.5. The molecule has 24 heavy (non-hydrogen) atoms. The number of carbonyl (C=O) groups excluding carboxylic acids is 1. The van der Waals surface area contributed by atoms with Gasteiger partial charge >= 0.3 is 0 Å². The number of benzene rings is 1. The summed E-state index contributed by atoms with van der Waals surface area (Å²) in [4.78, 5) is 18.9. The third-order valence-electron chi connectivity index (χ3n) is 4.14. The number of anilines is 1. The fourth-order valence-corrected chi connectivity index (χ4v) is 3.19. The van der Waals surface area contributed by atoms with E-state index in [0.29, 0.717) is 23.7 Å². The standard InChI is InChI=1S/C18H15ClN4O/c19-15-2-3-17-14(9-15)4-7-23(18(17)24)16-8-13(10-20-11-16)12-22-6-1-5-21-22/h1-3,5-6,8-11H,4,7,12H2. The van der Waals surface area contributed by atoms with Crippen molar-refractivity contribution in [3.05, 3.63) is 76.8 Å². The van der Waals surface area contributed by atoms with Gasteiger partial charge in [-0.25, -0.2) is 0 Å². The van der Waals surface area contributed by atoms with Gasteiger partial charge < -0.3 is 4.90 Å². The molecule has 0 unspecified atom stereocenters. The Bertz CT molecular complexity index is 892. The molecule has 1 aliphatic heterocycles. The molecule has 0 saturated heterocycles. The number of fused-ring (bicyclic) bond motifs is 1. The van der Waals surface area contributed by atoms with Gasteiger partial charge in [0.25, 0.3) is 5.91 Å². The Hall–Kier alpha value is -2.66. The van der Waals surface area contributed by atoms with Crippen LogP contribution in [0, 0.1) is 0 Å². The zero-order valence-electron chi connectivity index (χ0n) is 12.9. The maximum atomic E-state index is 12.8. The molecule has 0 bridgehead atoms. The molecule has 0 N–H and O–H groups in total. The summed E-state index contributed by atoms with van der Waals surface area (Å²) in [6, 6.07) is 9.31. The fourth-order valence-electron chi connectivity index (χ4n) is 2.99. The summed E-state index contributed by atoms with van der Waals surface area (Å²) in [6.45, 7) is 1.25. The van der Waals surface area contributed by atoms with Crippen molar-refractivity contribution in [3.8, 4) is 0 Å². The molecule has 3 aromatic rings. The third kappa shape index (κ3) is 2.78. The van der Waals surface area contributed by atoms with Gasteiger partial charge in [0.1, 0.15) is 0 Å². The van der Waals surface area contributed by atoms with Gasteiger partial charge in [-0.1, -0.05) is 11.6 Å². The average molecular weight is 339 g/mol. The van der Waals surface area contributed by atoms with Gasteiger partial charge in [-0.15, -0.1) is 0 Å². The maximum Gasteiger partial charge on any atom is 0.258 e. The number of nitrogens with zero attached hydrogens (tertiary/aromatic N) is 4. The number of carbonyl (C=O) groups is 1. The Labute approximate surface area is 144 Å². The molecule has 0 radical (unpaired) electrons. The van der Waals surface area contributed by atoms with Gasteiger partial charge in [0.2, 0.25) is 0 Å². The minimum Gasteiger partial charge on any atom is -0.306 e. The Morgan fingerprint density at radius 2 is 2.12 bits per heavy atom. The zero-order valence-corrected chi connectivity index (χ0v) is 13.6. The van der Waals surface area contributed by atoms with Crippen molar-refractivity contribution in [2.45, 2.75) is 13.0 Å².